The van der Waals surface area contributed by atoms with E-state index in [9.17, 15) is 0 Å². The van der Waals surface area contributed by atoms with E-state index in [0.717, 1.165) is 17.2 Å². The van der Waals surface area contributed by atoms with Gasteiger partial charge in [0.05, 0.1) is 16.4 Å². The minimum Gasteiger partial charge on any atom is -0.486 e. The minimum atomic E-state index is -0.117. The van der Waals surface area contributed by atoms with Gasteiger partial charge in [-0.1, -0.05) is 119 Å². The Morgan fingerprint density at radius 1 is 0.483 bits per heavy atom. The smallest absolute Gasteiger partial charge is 0.254 e. The Morgan fingerprint density at radius 3 is 1.43 bits per heavy atom. The summed E-state index contributed by atoms with van der Waals surface area (Å²) in [5.74, 6) is 1.64. The lowest BCUT2D eigenvalue weighted by atomic mass is 9.33. The molecule has 0 bridgehead atoms. The molecule has 1 aromatic heterocycles. The topological polar surface area (TPSA) is 24.9 Å². The van der Waals surface area contributed by atoms with Gasteiger partial charge < -0.3 is 19.3 Å². The molecule has 0 aliphatic carbocycles. The maximum atomic E-state index is 6.45. The lowest BCUT2D eigenvalue weighted by molar-refractivity contribution is 0.172. The van der Waals surface area contributed by atoms with Crippen LogP contribution in [-0.2, 0) is 21.7 Å². The molecule has 6 heteroatoms. The van der Waals surface area contributed by atoms with Crippen molar-refractivity contribution in [3.8, 4) is 11.5 Å². The molecule has 0 saturated heterocycles. The Bertz CT molecular complexity index is 2720. The maximum absolute atomic E-state index is 6.45. The summed E-state index contributed by atoms with van der Waals surface area (Å²) in [6.07, 6.45) is 0. The van der Waals surface area contributed by atoms with Gasteiger partial charge in [0.2, 0.25) is 0 Å². The predicted octanol–water partition coefficient (Wildman–Crippen LogP) is 13.2. The third-order valence-electron chi connectivity index (χ3n) is 13.2. The molecule has 310 valence electrons. The van der Waals surface area contributed by atoms with E-state index in [4.69, 9.17) is 9.47 Å². The fourth-order valence-corrected chi connectivity index (χ4v) is 11.1. The Morgan fingerprint density at radius 2 is 0.933 bits per heavy atom. The quantitative estimate of drug-likeness (QED) is 0.162. The highest BCUT2D eigenvalue weighted by atomic mass is 32.1. The summed E-state index contributed by atoms with van der Waals surface area (Å²) >= 11 is 1.94. The maximum Gasteiger partial charge on any atom is 0.254 e. The minimum absolute atomic E-state index is 0.00218. The number of rotatable bonds is 2. The van der Waals surface area contributed by atoms with E-state index in [0.29, 0.717) is 13.2 Å². The van der Waals surface area contributed by atoms with E-state index in [-0.39, 0.29) is 28.4 Å². The first-order valence-corrected chi connectivity index (χ1v) is 22.8. The van der Waals surface area contributed by atoms with Crippen LogP contribution < -0.4 is 35.7 Å². The van der Waals surface area contributed by atoms with Crippen molar-refractivity contribution < 1.29 is 9.47 Å². The lowest BCUT2D eigenvalue weighted by Gasteiger charge is -2.45. The Kier molecular flexibility index (Phi) is 9.10. The molecule has 4 nitrogen and oxygen atoms in total. The molecular weight excluding hydrogens is 751 g/mol. The zero-order chi connectivity index (χ0) is 43.2. The van der Waals surface area contributed by atoms with Gasteiger partial charge in [-0.3, -0.25) is 0 Å². The van der Waals surface area contributed by atoms with E-state index in [1.807, 2.05) is 11.3 Å². The number of thiophene rings is 1. The summed E-state index contributed by atoms with van der Waals surface area (Å²) in [6.45, 7) is 38.3. The highest BCUT2D eigenvalue weighted by Gasteiger charge is 2.47. The number of anilines is 6. The molecular formula is C54H63BN2O2S. The average molecular weight is 815 g/mol. The van der Waals surface area contributed by atoms with Crippen molar-refractivity contribution >= 4 is 78.0 Å². The molecule has 0 amide bonds. The van der Waals surface area contributed by atoms with Crippen LogP contribution in [0.5, 0.6) is 11.5 Å². The summed E-state index contributed by atoms with van der Waals surface area (Å²) in [5, 5.41) is 2.64. The van der Waals surface area contributed by atoms with Crippen molar-refractivity contribution in [2.24, 2.45) is 0 Å². The molecule has 5 aromatic carbocycles. The first-order valence-electron chi connectivity index (χ1n) is 22.0. The Balaban J connectivity index is 1.47. The molecule has 9 rings (SSSR count). The van der Waals surface area contributed by atoms with Gasteiger partial charge in [0.25, 0.3) is 6.71 Å². The van der Waals surface area contributed by atoms with Crippen LogP contribution in [0.4, 0.5) is 33.4 Å². The molecule has 0 atom stereocenters. The Labute approximate surface area is 364 Å². The number of benzene rings is 5. The fraction of sp³-hybridized carbons (Fsp3) is 0.407. The zero-order valence-electron chi connectivity index (χ0n) is 39.0. The molecule has 6 aromatic rings. The Hall–Kier alpha value is -4.68. The highest BCUT2D eigenvalue weighted by molar-refractivity contribution is 7.26. The van der Waals surface area contributed by atoms with Gasteiger partial charge in [-0.15, -0.1) is 11.3 Å². The predicted molar refractivity (Wildman–Crippen MR) is 261 cm³/mol. The van der Waals surface area contributed by atoms with Crippen LogP contribution in [0.25, 0.3) is 10.1 Å². The molecule has 0 fully saturated rings. The SMILES string of the molecule is Cc1cc(C(C)(C)C)cc(C)c1N1c2cc3c(cc2B2c4c1cc(C(C)(C)C)cc4N(c1c(C)cc(C(C)(C)C)cc1C)c1sc4ccc(C(C)(C)C)cc4c12)OCCO3. The van der Waals surface area contributed by atoms with Gasteiger partial charge in [-0.2, -0.15) is 0 Å². The molecule has 0 saturated carbocycles. The second-order valence-electron chi connectivity index (χ2n) is 22.0. The largest absolute Gasteiger partial charge is 0.486 e. The van der Waals surface area contributed by atoms with Crippen LogP contribution in [0, 0.1) is 27.7 Å². The van der Waals surface area contributed by atoms with Crippen molar-refractivity contribution in [2.75, 3.05) is 23.0 Å². The summed E-state index contributed by atoms with van der Waals surface area (Å²) in [4.78, 5) is 5.26. The lowest BCUT2D eigenvalue weighted by Crippen LogP contribution is -2.61. The molecule has 0 radical (unpaired) electrons. The van der Waals surface area contributed by atoms with E-state index in [1.54, 1.807) is 0 Å². The van der Waals surface area contributed by atoms with E-state index in [1.165, 1.54) is 98.7 Å². The first kappa shape index (κ1) is 40.7. The summed E-state index contributed by atoms with van der Waals surface area (Å²) < 4.78 is 14.2. The molecule has 0 N–H and O–H groups in total. The number of aryl methyl sites for hydroxylation is 4. The molecule has 4 heterocycles. The van der Waals surface area contributed by atoms with Crippen LogP contribution in [-0.4, -0.2) is 19.9 Å². The average Bonchev–Trinajstić information content (AvgIpc) is 3.52. The second kappa shape index (κ2) is 13.4. The van der Waals surface area contributed by atoms with Crippen LogP contribution in [0.1, 0.15) is 128 Å². The number of ether oxygens (including phenoxy) is 2. The summed E-state index contributed by atoms with van der Waals surface area (Å²) in [6, 6.07) is 26.6. The van der Waals surface area contributed by atoms with Gasteiger partial charge in [-0.05, 0) is 140 Å². The third kappa shape index (κ3) is 6.38. The van der Waals surface area contributed by atoms with Crippen LogP contribution in [0.15, 0.2) is 66.7 Å². The van der Waals surface area contributed by atoms with Crippen molar-refractivity contribution in [2.45, 2.75) is 132 Å². The van der Waals surface area contributed by atoms with Crippen molar-refractivity contribution in [1.82, 2.24) is 0 Å². The van der Waals surface area contributed by atoms with Gasteiger partial charge in [-0.25, -0.2) is 0 Å². The van der Waals surface area contributed by atoms with E-state index >= 15 is 0 Å². The standard InChI is InChI=1S/C54H63BN2O2S/c1-30-21-35(52(8,9)10)22-31(2)48(30)56-40-29-44-43(58-19-20-59-44)28-39(40)55-46-38-25-34(51(5,6)7)17-18-45(38)60-50(46)57(42-27-37(54(14,15)16)26-41(56)47(42)55)49-32(3)23-36(24-33(49)4)53(11,12)13/h17-18,21-29H,19-20H2,1-16H3. The van der Waals surface area contributed by atoms with E-state index < -0.39 is 0 Å². The fourth-order valence-electron chi connectivity index (χ4n) is 9.90. The van der Waals surface area contributed by atoms with Gasteiger partial charge in [0.1, 0.15) is 13.2 Å². The number of fused-ring (bicyclic) bond motifs is 7. The molecule has 3 aliphatic rings. The normalized spacial score (nSPS) is 15.0. The number of nitrogens with zero attached hydrogens (tertiary/aromatic N) is 2. The third-order valence-corrected chi connectivity index (χ3v) is 14.4. The summed E-state index contributed by atoms with van der Waals surface area (Å²) in [7, 11) is 0. The van der Waals surface area contributed by atoms with Gasteiger partial charge in [0, 0.05) is 27.8 Å². The van der Waals surface area contributed by atoms with Crippen molar-refractivity contribution in [3.05, 3.63) is 111 Å². The monoisotopic (exact) mass is 814 g/mol. The second-order valence-corrected chi connectivity index (χ2v) is 23.1. The number of hydrogen-bond acceptors (Lipinski definition) is 5. The van der Waals surface area contributed by atoms with Crippen molar-refractivity contribution in [3.63, 3.8) is 0 Å². The molecule has 0 spiro atoms. The molecule has 0 unspecified atom stereocenters. The van der Waals surface area contributed by atoms with Crippen LogP contribution in [0.3, 0.4) is 0 Å². The van der Waals surface area contributed by atoms with Crippen LogP contribution in [0.2, 0.25) is 0 Å². The number of hydrogen-bond donors (Lipinski definition) is 0. The van der Waals surface area contributed by atoms with Gasteiger partial charge in [0.15, 0.2) is 11.5 Å². The molecule has 60 heavy (non-hydrogen) atoms. The van der Waals surface area contributed by atoms with E-state index in [2.05, 4.69) is 187 Å². The zero-order valence-corrected chi connectivity index (χ0v) is 39.8. The van der Waals surface area contributed by atoms with Gasteiger partial charge >= 0.3 is 0 Å². The molecule has 3 aliphatic heterocycles. The highest BCUT2D eigenvalue weighted by Crippen LogP contribution is 2.53. The summed E-state index contributed by atoms with van der Waals surface area (Å²) in [5.41, 5.74) is 20.6. The first-order chi connectivity index (χ1) is 27.9. The van der Waals surface area contributed by atoms with Crippen molar-refractivity contribution in [1.29, 1.82) is 0 Å². The van der Waals surface area contributed by atoms with Crippen LogP contribution >= 0.6 is 11.3 Å².